The molecule has 0 aliphatic heterocycles. The van der Waals surface area contributed by atoms with Crippen molar-refractivity contribution in [2.75, 3.05) is 12.8 Å². The van der Waals surface area contributed by atoms with Crippen LogP contribution in [0.5, 0.6) is 0 Å². The molecule has 0 spiro atoms. The minimum absolute atomic E-state index is 0.0335. The lowest BCUT2D eigenvalue weighted by Crippen LogP contribution is -2.18. The van der Waals surface area contributed by atoms with E-state index in [-0.39, 0.29) is 18.3 Å². The van der Waals surface area contributed by atoms with Gasteiger partial charge in [-0.25, -0.2) is 4.79 Å². The summed E-state index contributed by atoms with van der Waals surface area (Å²) in [5.74, 6) is -0.533. The van der Waals surface area contributed by atoms with E-state index in [9.17, 15) is 9.36 Å². The number of ether oxygens (including phenoxy) is 1. The molecule has 0 aromatic rings. The predicted molar refractivity (Wildman–Crippen MR) is 56.7 cm³/mol. The zero-order chi connectivity index (χ0) is 12.1. The van der Waals surface area contributed by atoms with E-state index in [1.807, 2.05) is 0 Å². The van der Waals surface area contributed by atoms with Crippen LogP contribution in [0.4, 0.5) is 0 Å². The van der Waals surface area contributed by atoms with Crippen LogP contribution in [0.2, 0.25) is 0 Å². The SMILES string of the molecule is C=C(C)C(=O)OCC(C)OP(=O)(O)CC. The summed E-state index contributed by atoms with van der Waals surface area (Å²) in [5, 5.41) is 0. The summed E-state index contributed by atoms with van der Waals surface area (Å²) < 4.78 is 20.7. The maximum atomic E-state index is 11.1. The molecule has 0 rings (SSSR count). The maximum Gasteiger partial charge on any atom is 0.333 e. The summed E-state index contributed by atoms with van der Waals surface area (Å²) in [6.07, 6.45) is -0.574. The first-order chi connectivity index (χ1) is 6.78. The van der Waals surface area contributed by atoms with Gasteiger partial charge < -0.3 is 14.2 Å². The summed E-state index contributed by atoms with van der Waals surface area (Å²) in [6.45, 7) is 7.98. The van der Waals surface area contributed by atoms with Crippen molar-refractivity contribution in [2.45, 2.75) is 26.9 Å². The van der Waals surface area contributed by atoms with Crippen molar-refractivity contribution < 1.29 is 23.5 Å². The smallest absolute Gasteiger partial charge is 0.333 e. The number of esters is 1. The molecule has 0 aliphatic carbocycles. The van der Waals surface area contributed by atoms with Crippen molar-refractivity contribution in [1.29, 1.82) is 0 Å². The topological polar surface area (TPSA) is 72.8 Å². The van der Waals surface area contributed by atoms with Crippen molar-refractivity contribution in [1.82, 2.24) is 0 Å². The van der Waals surface area contributed by atoms with Crippen molar-refractivity contribution >= 4 is 13.6 Å². The fraction of sp³-hybridized carbons (Fsp3) is 0.667. The van der Waals surface area contributed by atoms with E-state index in [0.717, 1.165) is 0 Å². The zero-order valence-electron chi connectivity index (χ0n) is 9.23. The van der Waals surface area contributed by atoms with E-state index < -0.39 is 19.7 Å². The Bertz CT molecular complexity index is 286. The van der Waals surface area contributed by atoms with Crippen molar-refractivity contribution in [3.05, 3.63) is 12.2 Å². The molecule has 88 valence electrons. The Hall–Kier alpha value is -0.640. The lowest BCUT2D eigenvalue weighted by molar-refractivity contribution is -0.141. The van der Waals surface area contributed by atoms with Gasteiger partial charge >= 0.3 is 13.6 Å². The molecule has 2 unspecified atom stereocenters. The van der Waals surface area contributed by atoms with Gasteiger partial charge in [0.05, 0.1) is 6.10 Å². The van der Waals surface area contributed by atoms with Crippen LogP contribution >= 0.6 is 7.60 Å². The molecule has 5 nitrogen and oxygen atoms in total. The van der Waals surface area contributed by atoms with Crippen LogP contribution < -0.4 is 0 Å². The molecule has 0 bridgehead atoms. The summed E-state index contributed by atoms with van der Waals surface area (Å²) in [5.41, 5.74) is 0.282. The second-order valence-electron chi connectivity index (χ2n) is 3.25. The molecule has 0 saturated carbocycles. The predicted octanol–water partition coefficient (Wildman–Crippen LogP) is 1.72. The highest BCUT2D eigenvalue weighted by atomic mass is 31.2. The third-order valence-electron chi connectivity index (χ3n) is 1.54. The van der Waals surface area contributed by atoms with Crippen LogP contribution in [-0.2, 0) is 18.6 Å². The Kier molecular flexibility index (Phi) is 5.80. The highest BCUT2D eigenvalue weighted by Crippen LogP contribution is 2.42. The van der Waals surface area contributed by atoms with E-state index in [0.29, 0.717) is 0 Å². The van der Waals surface area contributed by atoms with Crippen LogP contribution in [0, 0.1) is 0 Å². The average molecular weight is 236 g/mol. The molecular formula is C9H17O5P. The van der Waals surface area contributed by atoms with Crippen LogP contribution in [-0.4, -0.2) is 29.7 Å². The number of carbonyl (C=O) groups excluding carboxylic acids is 1. The molecule has 15 heavy (non-hydrogen) atoms. The van der Waals surface area contributed by atoms with Gasteiger partial charge in [-0.1, -0.05) is 13.5 Å². The van der Waals surface area contributed by atoms with E-state index in [1.165, 1.54) is 6.92 Å². The highest BCUT2D eigenvalue weighted by molar-refractivity contribution is 7.52. The van der Waals surface area contributed by atoms with Crippen molar-refractivity contribution in [3.8, 4) is 0 Å². The Balaban J connectivity index is 3.96. The molecule has 0 amide bonds. The second kappa shape index (κ2) is 6.05. The summed E-state index contributed by atoms with van der Waals surface area (Å²) in [6, 6.07) is 0. The first-order valence-corrected chi connectivity index (χ1v) is 6.37. The van der Waals surface area contributed by atoms with Gasteiger partial charge in [-0.05, 0) is 13.8 Å². The fourth-order valence-electron chi connectivity index (χ4n) is 0.702. The number of carbonyl (C=O) groups is 1. The van der Waals surface area contributed by atoms with Crippen molar-refractivity contribution in [3.63, 3.8) is 0 Å². The molecule has 1 N–H and O–H groups in total. The molecule has 0 radical (unpaired) electrons. The Labute approximate surface area is 89.6 Å². The van der Waals surface area contributed by atoms with Gasteiger partial charge in [-0.3, -0.25) is 4.57 Å². The molecule has 0 heterocycles. The zero-order valence-corrected chi connectivity index (χ0v) is 10.1. The molecule has 0 aliphatic rings. The third kappa shape index (κ3) is 6.44. The van der Waals surface area contributed by atoms with Gasteiger partial charge in [0, 0.05) is 11.7 Å². The van der Waals surface area contributed by atoms with E-state index in [4.69, 9.17) is 14.2 Å². The van der Waals surface area contributed by atoms with Gasteiger partial charge in [0.25, 0.3) is 0 Å². The monoisotopic (exact) mass is 236 g/mol. The van der Waals surface area contributed by atoms with Crippen molar-refractivity contribution in [2.24, 2.45) is 0 Å². The second-order valence-corrected chi connectivity index (χ2v) is 5.37. The van der Waals surface area contributed by atoms with Crippen LogP contribution in [0.25, 0.3) is 0 Å². The Morgan fingerprint density at radius 2 is 2.13 bits per heavy atom. The molecule has 2 atom stereocenters. The van der Waals surface area contributed by atoms with E-state index in [2.05, 4.69) is 6.58 Å². The van der Waals surface area contributed by atoms with Crippen LogP contribution in [0.3, 0.4) is 0 Å². The van der Waals surface area contributed by atoms with Gasteiger partial charge in [0.1, 0.15) is 6.61 Å². The summed E-state index contributed by atoms with van der Waals surface area (Å²) in [7, 11) is -3.53. The molecule has 0 aromatic carbocycles. The normalized spacial score (nSPS) is 16.5. The molecule has 0 aromatic heterocycles. The largest absolute Gasteiger partial charge is 0.460 e. The standard InChI is InChI=1S/C9H17O5P/c1-5-15(11,12)14-8(4)6-13-9(10)7(2)3/h8H,2,5-6H2,1,3-4H3,(H,11,12). The average Bonchev–Trinajstić information content (AvgIpc) is 2.13. The molecule has 6 heteroatoms. The number of rotatable bonds is 6. The number of hydrogen-bond acceptors (Lipinski definition) is 4. The first kappa shape index (κ1) is 14.4. The van der Waals surface area contributed by atoms with Crippen LogP contribution in [0.15, 0.2) is 12.2 Å². The van der Waals surface area contributed by atoms with Gasteiger partial charge in [0.2, 0.25) is 0 Å². The summed E-state index contributed by atoms with van der Waals surface area (Å²) >= 11 is 0. The molecular weight excluding hydrogens is 219 g/mol. The fourth-order valence-corrected chi connectivity index (χ4v) is 1.47. The Morgan fingerprint density at radius 1 is 1.60 bits per heavy atom. The van der Waals surface area contributed by atoms with Crippen LogP contribution in [0.1, 0.15) is 20.8 Å². The number of hydrogen-bond donors (Lipinski definition) is 1. The van der Waals surface area contributed by atoms with E-state index >= 15 is 0 Å². The third-order valence-corrected chi connectivity index (χ3v) is 3.03. The quantitative estimate of drug-likeness (QED) is 0.432. The first-order valence-electron chi connectivity index (χ1n) is 4.61. The minimum Gasteiger partial charge on any atom is -0.460 e. The van der Waals surface area contributed by atoms with Gasteiger partial charge in [-0.15, -0.1) is 0 Å². The lowest BCUT2D eigenvalue weighted by Gasteiger charge is -2.16. The van der Waals surface area contributed by atoms with Gasteiger partial charge in [0.15, 0.2) is 0 Å². The molecule has 0 fully saturated rings. The lowest BCUT2D eigenvalue weighted by atomic mass is 10.3. The van der Waals surface area contributed by atoms with E-state index in [1.54, 1.807) is 13.8 Å². The molecule has 0 saturated heterocycles. The highest BCUT2D eigenvalue weighted by Gasteiger charge is 2.20. The maximum absolute atomic E-state index is 11.1. The Morgan fingerprint density at radius 3 is 2.53 bits per heavy atom. The summed E-state index contributed by atoms with van der Waals surface area (Å²) in [4.78, 5) is 20.1. The minimum atomic E-state index is -3.53. The van der Waals surface area contributed by atoms with Gasteiger partial charge in [-0.2, -0.15) is 0 Å².